The Morgan fingerprint density at radius 3 is 3.00 bits per heavy atom. The summed E-state index contributed by atoms with van der Waals surface area (Å²) in [6.45, 7) is 0. The number of aromatic hydroxyl groups is 1. The van der Waals surface area contributed by atoms with Crippen LogP contribution >= 0.6 is 0 Å². The van der Waals surface area contributed by atoms with Crippen molar-refractivity contribution in [1.29, 1.82) is 0 Å². The molecule has 6 heteroatoms. The SMILES string of the molecule is O=C(O)CCc1cccc2nc(O)nn12. The van der Waals surface area contributed by atoms with Gasteiger partial charge in [-0.1, -0.05) is 6.07 Å². The lowest BCUT2D eigenvalue weighted by Crippen LogP contribution is -2.03. The van der Waals surface area contributed by atoms with Crippen molar-refractivity contribution in [2.24, 2.45) is 0 Å². The Hall–Kier alpha value is -2.11. The van der Waals surface area contributed by atoms with Crippen LogP contribution in [0.2, 0.25) is 0 Å². The minimum absolute atomic E-state index is 0.0275. The summed E-state index contributed by atoms with van der Waals surface area (Å²) < 4.78 is 1.44. The van der Waals surface area contributed by atoms with Crippen molar-refractivity contribution < 1.29 is 15.0 Å². The van der Waals surface area contributed by atoms with Crippen LogP contribution in [0.5, 0.6) is 6.01 Å². The molecule has 78 valence electrons. The Morgan fingerprint density at radius 2 is 2.27 bits per heavy atom. The normalized spacial score (nSPS) is 10.7. The predicted molar refractivity (Wildman–Crippen MR) is 50.6 cm³/mol. The summed E-state index contributed by atoms with van der Waals surface area (Å²) in [6, 6.07) is 4.89. The van der Waals surface area contributed by atoms with Crippen LogP contribution in [-0.4, -0.2) is 30.8 Å². The second kappa shape index (κ2) is 3.56. The zero-order valence-electron chi connectivity index (χ0n) is 7.79. The second-order valence-electron chi connectivity index (χ2n) is 3.09. The van der Waals surface area contributed by atoms with Gasteiger partial charge in [0, 0.05) is 12.1 Å². The summed E-state index contributed by atoms with van der Waals surface area (Å²) >= 11 is 0. The highest BCUT2D eigenvalue weighted by Gasteiger charge is 2.07. The van der Waals surface area contributed by atoms with Gasteiger partial charge in [-0.05, 0) is 12.1 Å². The minimum atomic E-state index is -0.864. The fourth-order valence-corrected chi connectivity index (χ4v) is 1.37. The van der Waals surface area contributed by atoms with Crippen molar-refractivity contribution in [2.45, 2.75) is 12.8 Å². The zero-order chi connectivity index (χ0) is 10.8. The van der Waals surface area contributed by atoms with E-state index < -0.39 is 5.97 Å². The molecule has 0 fully saturated rings. The number of rotatable bonds is 3. The highest BCUT2D eigenvalue weighted by Crippen LogP contribution is 2.10. The van der Waals surface area contributed by atoms with Crippen molar-refractivity contribution >= 4 is 11.6 Å². The van der Waals surface area contributed by atoms with Crippen LogP contribution < -0.4 is 0 Å². The van der Waals surface area contributed by atoms with Gasteiger partial charge >= 0.3 is 12.0 Å². The van der Waals surface area contributed by atoms with Crippen LogP contribution in [0.15, 0.2) is 18.2 Å². The molecule has 6 nitrogen and oxygen atoms in total. The number of carboxylic acid groups (broad SMARTS) is 1. The summed E-state index contributed by atoms with van der Waals surface area (Å²) in [6.07, 6.45) is 0.384. The Kier molecular flexibility index (Phi) is 2.24. The van der Waals surface area contributed by atoms with E-state index in [9.17, 15) is 4.79 Å². The number of hydrogen-bond donors (Lipinski definition) is 2. The lowest BCUT2D eigenvalue weighted by molar-refractivity contribution is -0.136. The third-order valence-electron chi connectivity index (χ3n) is 2.02. The number of aryl methyl sites for hydroxylation is 1. The van der Waals surface area contributed by atoms with E-state index >= 15 is 0 Å². The maximum Gasteiger partial charge on any atom is 0.333 e. The summed E-state index contributed by atoms with van der Waals surface area (Å²) in [5.41, 5.74) is 1.22. The number of aromatic nitrogens is 3. The summed E-state index contributed by atoms with van der Waals surface area (Å²) in [4.78, 5) is 14.2. The van der Waals surface area contributed by atoms with E-state index in [0.29, 0.717) is 17.8 Å². The van der Waals surface area contributed by atoms with E-state index in [1.165, 1.54) is 4.52 Å². The van der Waals surface area contributed by atoms with Gasteiger partial charge in [0.05, 0.1) is 6.42 Å². The standard InChI is InChI=1S/C9H9N3O3/c13-8(14)5-4-6-2-1-3-7-10-9(15)11-12(6)7/h1-3H,4-5H2,(H,11,15)(H,13,14). The number of carbonyl (C=O) groups is 1. The van der Waals surface area contributed by atoms with E-state index in [2.05, 4.69) is 10.1 Å². The van der Waals surface area contributed by atoms with Gasteiger partial charge in [-0.2, -0.15) is 4.98 Å². The van der Waals surface area contributed by atoms with Crippen LogP contribution in [0.25, 0.3) is 5.65 Å². The average Bonchev–Trinajstić information content (AvgIpc) is 2.55. The number of pyridine rings is 1. The van der Waals surface area contributed by atoms with E-state index in [-0.39, 0.29) is 12.4 Å². The van der Waals surface area contributed by atoms with Crippen LogP contribution in [0.3, 0.4) is 0 Å². The molecule has 15 heavy (non-hydrogen) atoms. The second-order valence-corrected chi connectivity index (χ2v) is 3.09. The molecule has 0 atom stereocenters. The summed E-state index contributed by atoms with van der Waals surface area (Å²) in [5.74, 6) is -0.864. The first-order chi connectivity index (χ1) is 7.16. The maximum absolute atomic E-state index is 10.4. The first-order valence-electron chi connectivity index (χ1n) is 4.42. The Bertz CT molecular complexity index is 506. The highest BCUT2D eigenvalue weighted by molar-refractivity contribution is 5.67. The van der Waals surface area contributed by atoms with Crippen molar-refractivity contribution in [2.75, 3.05) is 0 Å². The van der Waals surface area contributed by atoms with Crippen LogP contribution in [0, 0.1) is 0 Å². The molecular formula is C9H9N3O3. The molecule has 0 aliphatic rings. The van der Waals surface area contributed by atoms with Crippen LogP contribution in [0.1, 0.15) is 12.1 Å². The molecule has 2 N–H and O–H groups in total. The quantitative estimate of drug-likeness (QED) is 0.763. The molecule has 0 saturated carbocycles. The van der Waals surface area contributed by atoms with E-state index in [1.807, 2.05) is 0 Å². The van der Waals surface area contributed by atoms with Gasteiger partial charge in [-0.15, -0.1) is 5.10 Å². The third-order valence-corrected chi connectivity index (χ3v) is 2.02. The Labute approximate surface area is 84.8 Å². The number of aliphatic carboxylic acids is 1. The Morgan fingerprint density at radius 1 is 1.47 bits per heavy atom. The van der Waals surface area contributed by atoms with Gasteiger partial charge in [0.2, 0.25) is 0 Å². The highest BCUT2D eigenvalue weighted by atomic mass is 16.4. The van der Waals surface area contributed by atoms with Gasteiger partial charge in [-0.25, -0.2) is 4.52 Å². The van der Waals surface area contributed by atoms with E-state index in [1.54, 1.807) is 18.2 Å². The van der Waals surface area contributed by atoms with Crippen molar-refractivity contribution in [3.05, 3.63) is 23.9 Å². The predicted octanol–water partition coefficient (Wildman–Crippen LogP) is 0.452. The molecule has 0 aromatic carbocycles. The molecule has 0 aliphatic heterocycles. The zero-order valence-corrected chi connectivity index (χ0v) is 7.79. The van der Waals surface area contributed by atoms with Crippen LogP contribution in [-0.2, 0) is 11.2 Å². The largest absolute Gasteiger partial charge is 0.481 e. The molecule has 0 aliphatic carbocycles. The molecule has 0 spiro atoms. The van der Waals surface area contributed by atoms with Gasteiger partial charge < -0.3 is 10.2 Å². The molecule has 0 saturated heterocycles. The third kappa shape index (κ3) is 1.88. The van der Waals surface area contributed by atoms with Gasteiger partial charge in [-0.3, -0.25) is 4.79 Å². The molecule has 0 bridgehead atoms. The summed E-state index contributed by atoms with van der Waals surface area (Å²) in [7, 11) is 0. The fourth-order valence-electron chi connectivity index (χ4n) is 1.37. The smallest absolute Gasteiger partial charge is 0.333 e. The van der Waals surface area contributed by atoms with Gasteiger partial charge in [0.15, 0.2) is 5.65 Å². The van der Waals surface area contributed by atoms with Gasteiger partial charge in [0.25, 0.3) is 0 Å². The first kappa shape index (κ1) is 9.45. The van der Waals surface area contributed by atoms with Crippen LogP contribution in [0.4, 0.5) is 0 Å². The molecule has 2 heterocycles. The molecule has 2 aromatic heterocycles. The van der Waals surface area contributed by atoms with E-state index in [0.717, 1.165) is 0 Å². The average molecular weight is 207 g/mol. The van der Waals surface area contributed by atoms with Gasteiger partial charge in [0.1, 0.15) is 0 Å². The van der Waals surface area contributed by atoms with Crippen molar-refractivity contribution in [3.8, 4) is 6.01 Å². The number of carboxylic acids is 1. The van der Waals surface area contributed by atoms with Crippen molar-refractivity contribution in [1.82, 2.24) is 14.6 Å². The number of hydrogen-bond acceptors (Lipinski definition) is 4. The number of fused-ring (bicyclic) bond motifs is 1. The molecular weight excluding hydrogens is 198 g/mol. The fraction of sp³-hybridized carbons (Fsp3) is 0.222. The minimum Gasteiger partial charge on any atom is -0.481 e. The maximum atomic E-state index is 10.4. The Balaban J connectivity index is 2.37. The lowest BCUT2D eigenvalue weighted by atomic mass is 10.2. The molecule has 0 unspecified atom stereocenters. The topological polar surface area (TPSA) is 87.7 Å². The monoisotopic (exact) mass is 207 g/mol. The first-order valence-corrected chi connectivity index (χ1v) is 4.42. The van der Waals surface area contributed by atoms with Crippen molar-refractivity contribution in [3.63, 3.8) is 0 Å². The summed E-state index contributed by atoms with van der Waals surface area (Å²) in [5, 5.41) is 21.4. The molecule has 2 rings (SSSR count). The van der Waals surface area contributed by atoms with E-state index in [4.69, 9.17) is 10.2 Å². The lowest BCUT2D eigenvalue weighted by Gasteiger charge is -2.00. The number of nitrogens with zero attached hydrogens (tertiary/aromatic N) is 3. The molecule has 2 aromatic rings. The molecule has 0 amide bonds. The molecule has 0 radical (unpaired) electrons.